The van der Waals surface area contributed by atoms with Crippen molar-refractivity contribution in [1.29, 1.82) is 5.26 Å². The second kappa shape index (κ2) is 9.55. The first-order chi connectivity index (χ1) is 13.3. The van der Waals surface area contributed by atoms with E-state index in [9.17, 15) is 18.5 Å². The van der Waals surface area contributed by atoms with E-state index >= 15 is 0 Å². The molecule has 0 unspecified atom stereocenters. The Morgan fingerprint density at radius 2 is 2.00 bits per heavy atom. The number of nitrogens with one attached hydrogen (secondary N) is 2. The Morgan fingerprint density at radius 3 is 2.68 bits per heavy atom. The fourth-order valence-corrected chi connectivity index (χ4v) is 2.90. The minimum Gasteiger partial charge on any atom is -0.496 e. The number of nitriles is 1. The number of nitrogens with zero attached hydrogens (tertiary/aromatic N) is 1. The first kappa shape index (κ1) is 21.0. The van der Waals surface area contributed by atoms with Crippen molar-refractivity contribution in [2.75, 3.05) is 19.0 Å². The van der Waals surface area contributed by atoms with E-state index in [1.165, 1.54) is 24.4 Å². The summed E-state index contributed by atoms with van der Waals surface area (Å²) < 4.78 is 36.6. The quantitative estimate of drug-likeness (QED) is 0.267. The van der Waals surface area contributed by atoms with Crippen LogP contribution in [0, 0.1) is 11.3 Å². The lowest BCUT2D eigenvalue weighted by atomic mass is 10.1. The van der Waals surface area contributed by atoms with E-state index in [-0.39, 0.29) is 16.2 Å². The van der Waals surface area contributed by atoms with E-state index in [1.54, 1.807) is 13.2 Å². The zero-order valence-corrected chi connectivity index (χ0v) is 15.9. The van der Waals surface area contributed by atoms with Crippen LogP contribution in [0.3, 0.4) is 0 Å². The van der Waals surface area contributed by atoms with Gasteiger partial charge in [0.25, 0.3) is 16.0 Å². The number of hydrogen-bond donors (Lipinski definition) is 3. The predicted octanol–water partition coefficient (Wildman–Crippen LogP) is 2.12. The minimum absolute atomic E-state index is 0.135. The largest absolute Gasteiger partial charge is 0.496 e. The maximum atomic E-state index is 12.2. The average molecular weight is 401 g/mol. The fraction of sp³-hybridized carbons (Fsp3) is 0.158. The minimum atomic E-state index is -4.39. The molecule has 28 heavy (non-hydrogen) atoms. The van der Waals surface area contributed by atoms with Crippen molar-refractivity contribution >= 4 is 21.7 Å². The van der Waals surface area contributed by atoms with Crippen molar-refractivity contribution in [1.82, 2.24) is 5.32 Å². The monoisotopic (exact) mass is 401 g/mol. The Bertz CT molecular complexity index is 1030. The van der Waals surface area contributed by atoms with Gasteiger partial charge in [-0.15, -0.1) is 0 Å². The molecule has 0 aliphatic heterocycles. The normalized spacial score (nSPS) is 11.4. The molecule has 0 atom stereocenters. The van der Waals surface area contributed by atoms with Crippen LogP contribution in [0.2, 0.25) is 0 Å². The van der Waals surface area contributed by atoms with Crippen LogP contribution in [0.4, 0.5) is 5.69 Å². The number of carbonyl (C=O) groups excluding carboxylic acids is 1. The number of rotatable bonds is 8. The van der Waals surface area contributed by atoms with Gasteiger partial charge >= 0.3 is 0 Å². The SMILES string of the molecule is COc1ccccc1CCN/C=C(/C#N)C(=O)Nc1cccc(S(=O)(=O)O)c1. The van der Waals surface area contributed by atoms with Gasteiger partial charge in [0, 0.05) is 18.4 Å². The van der Waals surface area contributed by atoms with Crippen LogP contribution in [0.15, 0.2) is 65.2 Å². The van der Waals surface area contributed by atoms with Gasteiger partial charge in [0.05, 0.1) is 12.0 Å². The van der Waals surface area contributed by atoms with E-state index < -0.39 is 16.0 Å². The molecule has 0 saturated carbocycles. The summed E-state index contributed by atoms with van der Waals surface area (Å²) in [5.74, 6) is 0.0463. The number of methoxy groups -OCH3 is 1. The second-order valence-electron chi connectivity index (χ2n) is 5.64. The van der Waals surface area contributed by atoms with Crippen LogP contribution in [0.1, 0.15) is 5.56 Å². The molecule has 0 fully saturated rings. The molecule has 0 bridgehead atoms. The Hall–Kier alpha value is -3.35. The highest BCUT2D eigenvalue weighted by atomic mass is 32.2. The molecule has 0 saturated heterocycles. The van der Waals surface area contributed by atoms with Gasteiger partial charge < -0.3 is 15.4 Å². The molecule has 2 aromatic rings. The Morgan fingerprint density at radius 1 is 1.25 bits per heavy atom. The Kier molecular flexibility index (Phi) is 7.14. The van der Waals surface area contributed by atoms with Crippen LogP contribution in [0.25, 0.3) is 0 Å². The number of hydrogen-bond acceptors (Lipinski definition) is 6. The van der Waals surface area contributed by atoms with Gasteiger partial charge in [-0.25, -0.2) is 0 Å². The molecule has 0 aliphatic rings. The number of para-hydroxylation sites is 1. The van der Waals surface area contributed by atoms with E-state index in [1.807, 2.05) is 24.3 Å². The maximum Gasteiger partial charge on any atom is 0.294 e. The summed E-state index contributed by atoms with van der Waals surface area (Å²) in [5.41, 5.74) is 0.934. The molecular formula is C19H19N3O5S. The van der Waals surface area contributed by atoms with Crippen LogP contribution >= 0.6 is 0 Å². The number of anilines is 1. The molecule has 0 radical (unpaired) electrons. The summed E-state index contributed by atoms with van der Waals surface area (Å²) in [6, 6.07) is 14.4. The number of amides is 1. The zero-order chi connectivity index (χ0) is 20.6. The van der Waals surface area contributed by atoms with Crippen molar-refractivity contribution in [3.05, 3.63) is 65.9 Å². The Balaban J connectivity index is 1.99. The molecule has 146 valence electrons. The van der Waals surface area contributed by atoms with Gasteiger partial charge in [-0.05, 0) is 36.2 Å². The molecule has 1 amide bonds. The smallest absolute Gasteiger partial charge is 0.294 e. The summed E-state index contributed by atoms with van der Waals surface area (Å²) >= 11 is 0. The van der Waals surface area contributed by atoms with E-state index in [0.717, 1.165) is 17.4 Å². The van der Waals surface area contributed by atoms with Crippen LogP contribution in [0.5, 0.6) is 5.75 Å². The maximum absolute atomic E-state index is 12.2. The zero-order valence-electron chi connectivity index (χ0n) is 15.0. The average Bonchev–Trinajstić information content (AvgIpc) is 2.67. The van der Waals surface area contributed by atoms with Gasteiger partial charge in [0.1, 0.15) is 17.4 Å². The third-order valence-electron chi connectivity index (χ3n) is 3.73. The molecule has 0 aromatic heterocycles. The van der Waals surface area contributed by atoms with Crippen LogP contribution < -0.4 is 15.4 Å². The fourth-order valence-electron chi connectivity index (χ4n) is 2.37. The molecule has 3 N–H and O–H groups in total. The first-order valence-electron chi connectivity index (χ1n) is 8.19. The van der Waals surface area contributed by atoms with Gasteiger partial charge in [-0.2, -0.15) is 13.7 Å². The molecule has 0 aliphatic carbocycles. The summed E-state index contributed by atoms with van der Waals surface area (Å²) in [7, 11) is -2.81. The molecule has 0 heterocycles. The lowest BCUT2D eigenvalue weighted by molar-refractivity contribution is -0.112. The van der Waals surface area contributed by atoms with E-state index in [2.05, 4.69) is 10.6 Å². The predicted molar refractivity (Wildman–Crippen MR) is 103 cm³/mol. The standard InChI is InChI=1S/C19H19N3O5S/c1-27-18-8-3-2-5-14(18)9-10-21-13-15(12-20)19(23)22-16-6-4-7-17(11-16)28(24,25)26/h2-8,11,13,21H,9-10H2,1H3,(H,22,23)(H,24,25,26)/b15-13-. The Labute approximate surface area is 163 Å². The van der Waals surface area contributed by atoms with Gasteiger partial charge in [0.2, 0.25) is 0 Å². The molecule has 2 rings (SSSR count). The first-order valence-corrected chi connectivity index (χ1v) is 9.63. The highest BCUT2D eigenvalue weighted by Crippen LogP contribution is 2.17. The molecule has 2 aromatic carbocycles. The summed E-state index contributed by atoms with van der Waals surface area (Å²) in [5, 5.41) is 14.5. The molecule has 8 nitrogen and oxygen atoms in total. The van der Waals surface area contributed by atoms with Gasteiger partial charge in [-0.1, -0.05) is 24.3 Å². The lowest BCUT2D eigenvalue weighted by Gasteiger charge is -2.08. The number of ether oxygens (including phenoxy) is 1. The third kappa shape index (κ3) is 5.84. The van der Waals surface area contributed by atoms with Gasteiger partial charge in [0.15, 0.2) is 0 Å². The van der Waals surface area contributed by atoms with E-state index in [4.69, 9.17) is 9.29 Å². The van der Waals surface area contributed by atoms with Crippen molar-refractivity contribution in [2.45, 2.75) is 11.3 Å². The summed E-state index contributed by atoms with van der Waals surface area (Å²) in [6.07, 6.45) is 1.91. The highest BCUT2D eigenvalue weighted by molar-refractivity contribution is 7.85. The molecular weight excluding hydrogens is 382 g/mol. The summed E-state index contributed by atoms with van der Waals surface area (Å²) in [6.45, 7) is 0.469. The van der Waals surface area contributed by atoms with Crippen molar-refractivity contribution < 1.29 is 22.5 Å². The number of carbonyl (C=O) groups is 1. The van der Waals surface area contributed by atoms with Crippen LogP contribution in [-0.2, 0) is 21.3 Å². The van der Waals surface area contributed by atoms with Crippen molar-refractivity contribution in [3.63, 3.8) is 0 Å². The van der Waals surface area contributed by atoms with Crippen molar-refractivity contribution in [3.8, 4) is 11.8 Å². The van der Waals surface area contributed by atoms with Crippen molar-refractivity contribution in [2.24, 2.45) is 0 Å². The number of benzene rings is 2. The highest BCUT2D eigenvalue weighted by Gasteiger charge is 2.13. The second-order valence-corrected chi connectivity index (χ2v) is 7.06. The van der Waals surface area contributed by atoms with E-state index in [0.29, 0.717) is 13.0 Å². The lowest BCUT2D eigenvalue weighted by Crippen LogP contribution is -2.18. The molecule has 9 heteroatoms. The topological polar surface area (TPSA) is 129 Å². The van der Waals surface area contributed by atoms with Gasteiger partial charge in [-0.3, -0.25) is 9.35 Å². The van der Waals surface area contributed by atoms with Crippen LogP contribution in [-0.4, -0.2) is 32.5 Å². The molecule has 0 spiro atoms. The third-order valence-corrected chi connectivity index (χ3v) is 4.58. The summed E-state index contributed by atoms with van der Waals surface area (Å²) in [4.78, 5) is 11.8.